The summed E-state index contributed by atoms with van der Waals surface area (Å²) in [7, 11) is 0. The molecular formula is C27H23N3O8. The number of hydrogen-bond acceptors (Lipinski definition) is 9. The van der Waals surface area contributed by atoms with E-state index in [1.54, 1.807) is 66.7 Å². The fourth-order valence-electron chi connectivity index (χ4n) is 3.80. The summed E-state index contributed by atoms with van der Waals surface area (Å²) in [6, 6.07) is 24.1. The Morgan fingerprint density at radius 2 is 1.21 bits per heavy atom. The largest absolute Gasteiger partial charge is 0.459 e. The van der Waals surface area contributed by atoms with Gasteiger partial charge in [-0.05, 0) is 41.9 Å². The maximum atomic E-state index is 12.9. The number of aliphatic hydroxyl groups is 1. The number of ether oxygens (including phenoxy) is 4. The lowest BCUT2D eigenvalue weighted by Gasteiger charge is -2.41. The van der Waals surface area contributed by atoms with E-state index in [0.29, 0.717) is 0 Å². The molecule has 11 heteroatoms. The van der Waals surface area contributed by atoms with E-state index in [9.17, 15) is 19.5 Å². The lowest BCUT2D eigenvalue weighted by atomic mass is 9.97. The molecule has 1 aliphatic heterocycles. The molecule has 194 valence electrons. The highest BCUT2D eigenvalue weighted by Crippen LogP contribution is 2.29. The molecule has 5 atom stereocenters. The maximum Gasteiger partial charge on any atom is 0.338 e. The van der Waals surface area contributed by atoms with Crippen LogP contribution in [0.4, 0.5) is 0 Å². The molecule has 3 aromatic carbocycles. The number of carbonyl (C=O) groups is 3. The van der Waals surface area contributed by atoms with Crippen molar-refractivity contribution in [2.75, 3.05) is 6.61 Å². The Hall–Kier alpha value is -4.70. The number of benzene rings is 3. The Morgan fingerprint density at radius 1 is 0.763 bits per heavy atom. The van der Waals surface area contributed by atoms with E-state index in [2.05, 4.69) is 10.0 Å². The van der Waals surface area contributed by atoms with Gasteiger partial charge in [0.1, 0.15) is 18.8 Å². The Labute approximate surface area is 217 Å². The molecule has 38 heavy (non-hydrogen) atoms. The average Bonchev–Trinajstić information content (AvgIpc) is 2.96. The van der Waals surface area contributed by atoms with Crippen LogP contribution in [0.3, 0.4) is 0 Å². The van der Waals surface area contributed by atoms with Gasteiger partial charge in [-0.25, -0.2) is 14.4 Å². The first-order valence-electron chi connectivity index (χ1n) is 11.6. The van der Waals surface area contributed by atoms with E-state index in [1.807, 2.05) is 0 Å². The fourth-order valence-corrected chi connectivity index (χ4v) is 3.80. The van der Waals surface area contributed by atoms with Gasteiger partial charge in [-0.15, -0.1) is 0 Å². The number of carbonyl (C=O) groups excluding carboxylic acids is 3. The van der Waals surface area contributed by atoms with Crippen LogP contribution in [0, 0.1) is 0 Å². The third kappa shape index (κ3) is 6.34. The highest BCUT2D eigenvalue weighted by molar-refractivity contribution is 5.90. The molecule has 11 nitrogen and oxygen atoms in total. The first-order valence-corrected chi connectivity index (χ1v) is 11.6. The van der Waals surface area contributed by atoms with Crippen LogP contribution < -0.4 is 0 Å². The van der Waals surface area contributed by atoms with Gasteiger partial charge < -0.3 is 24.1 Å². The highest BCUT2D eigenvalue weighted by atomic mass is 16.6. The quantitative estimate of drug-likeness (QED) is 0.156. The number of azide groups is 1. The van der Waals surface area contributed by atoms with Gasteiger partial charge in [-0.2, -0.15) is 0 Å². The zero-order valence-corrected chi connectivity index (χ0v) is 19.9. The van der Waals surface area contributed by atoms with Gasteiger partial charge in [0, 0.05) is 4.91 Å². The molecule has 0 radical (unpaired) electrons. The topological polar surface area (TPSA) is 157 Å². The molecule has 1 fully saturated rings. The van der Waals surface area contributed by atoms with E-state index in [4.69, 9.17) is 24.5 Å². The number of esters is 3. The standard InChI is InChI=1S/C27H23N3O8/c28-30-29-24-23(38-27(34)19-14-8-3-9-15-19)22(37-26(33)18-12-6-2-7-13-18)21(31)20(36-24)16-35-25(32)17-10-4-1-5-11-17/h1-15,20-24,31H,16H2/t20-,21-,22+,23-,24-/m1/s1. The summed E-state index contributed by atoms with van der Waals surface area (Å²) in [6.45, 7) is -0.467. The molecule has 3 aromatic rings. The van der Waals surface area contributed by atoms with E-state index in [0.717, 1.165) is 0 Å². The minimum Gasteiger partial charge on any atom is -0.459 e. The lowest BCUT2D eigenvalue weighted by molar-refractivity contribution is -0.227. The van der Waals surface area contributed by atoms with Gasteiger partial charge in [0.05, 0.1) is 16.7 Å². The predicted octanol–water partition coefficient (Wildman–Crippen LogP) is 3.69. The zero-order valence-electron chi connectivity index (χ0n) is 19.9. The second-order valence-electron chi connectivity index (χ2n) is 8.20. The van der Waals surface area contributed by atoms with Crippen LogP contribution >= 0.6 is 0 Å². The van der Waals surface area contributed by atoms with Crippen LogP contribution in [0.25, 0.3) is 10.4 Å². The van der Waals surface area contributed by atoms with Gasteiger partial charge in [0.15, 0.2) is 18.4 Å². The highest BCUT2D eigenvalue weighted by Gasteiger charge is 2.50. The van der Waals surface area contributed by atoms with Crippen molar-refractivity contribution >= 4 is 17.9 Å². The van der Waals surface area contributed by atoms with Crippen LogP contribution in [0.15, 0.2) is 96.1 Å². The lowest BCUT2D eigenvalue weighted by Crippen LogP contribution is -2.60. The summed E-state index contributed by atoms with van der Waals surface area (Å²) >= 11 is 0. The van der Waals surface area contributed by atoms with Crippen molar-refractivity contribution in [3.05, 3.63) is 118 Å². The van der Waals surface area contributed by atoms with E-state index < -0.39 is 55.2 Å². The van der Waals surface area contributed by atoms with Gasteiger partial charge in [0.2, 0.25) is 0 Å². The van der Waals surface area contributed by atoms with Crippen molar-refractivity contribution in [1.82, 2.24) is 0 Å². The minimum atomic E-state index is -1.62. The van der Waals surface area contributed by atoms with E-state index >= 15 is 0 Å². The second kappa shape index (κ2) is 12.5. The molecule has 0 saturated carbocycles. The molecule has 1 saturated heterocycles. The van der Waals surface area contributed by atoms with Crippen molar-refractivity contribution in [3.63, 3.8) is 0 Å². The number of aliphatic hydroxyl groups excluding tert-OH is 1. The van der Waals surface area contributed by atoms with Crippen molar-refractivity contribution in [2.24, 2.45) is 5.11 Å². The van der Waals surface area contributed by atoms with Gasteiger partial charge in [0.25, 0.3) is 0 Å². The maximum absolute atomic E-state index is 12.9. The first-order chi connectivity index (χ1) is 18.5. The van der Waals surface area contributed by atoms with Gasteiger partial charge >= 0.3 is 17.9 Å². The molecule has 0 aliphatic carbocycles. The third-order valence-electron chi connectivity index (χ3n) is 5.70. The summed E-state index contributed by atoms with van der Waals surface area (Å²) in [4.78, 5) is 40.9. The summed E-state index contributed by atoms with van der Waals surface area (Å²) in [5.74, 6) is -2.33. The molecule has 0 bridgehead atoms. The van der Waals surface area contributed by atoms with Crippen molar-refractivity contribution < 1.29 is 38.4 Å². The molecule has 4 rings (SSSR count). The molecule has 1 aliphatic rings. The number of nitrogens with zero attached hydrogens (tertiary/aromatic N) is 3. The minimum absolute atomic E-state index is 0.173. The summed E-state index contributed by atoms with van der Waals surface area (Å²) in [5, 5.41) is 14.7. The smallest absolute Gasteiger partial charge is 0.338 e. The molecule has 0 aromatic heterocycles. The molecule has 1 N–H and O–H groups in total. The molecule has 0 unspecified atom stereocenters. The van der Waals surface area contributed by atoms with Crippen molar-refractivity contribution in [1.29, 1.82) is 0 Å². The van der Waals surface area contributed by atoms with Crippen molar-refractivity contribution in [2.45, 2.75) is 30.6 Å². The molecule has 0 spiro atoms. The Kier molecular flexibility index (Phi) is 8.68. The van der Waals surface area contributed by atoms with Crippen LogP contribution in [0.1, 0.15) is 31.1 Å². The van der Waals surface area contributed by atoms with E-state index in [1.165, 1.54) is 24.3 Å². The average molecular weight is 517 g/mol. The fraction of sp³-hybridized carbons (Fsp3) is 0.222. The number of rotatable bonds is 8. The van der Waals surface area contributed by atoms with Crippen LogP contribution in [-0.2, 0) is 18.9 Å². The zero-order chi connectivity index (χ0) is 26.9. The molecule has 0 amide bonds. The SMILES string of the molecule is [N-]=[N+]=N[C@@H]1O[C@H](COC(=O)c2ccccc2)[C@@H](O)[C@H](OC(=O)c2ccccc2)[C@H]1OC(=O)c1ccccc1. The van der Waals surface area contributed by atoms with Gasteiger partial charge in [-0.1, -0.05) is 59.7 Å². The summed E-state index contributed by atoms with van der Waals surface area (Å²) < 4.78 is 22.1. The third-order valence-corrected chi connectivity index (χ3v) is 5.70. The second-order valence-corrected chi connectivity index (χ2v) is 8.20. The molecule has 1 heterocycles. The Bertz CT molecular complexity index is 1300. The monoisotopic (exact) mass is 517 g/mol. The van der Waals surface area contributed by atoms with Crippen molar-refractivity contribution in [3.8, 4) is 0 Å². The van der Waals surface area contributed by atoms with E-state index in [-0.39, 0.29) is 16.7 Å². The van der Waals surface area contributed by atoms with Gasteiger partial charge in [-0.3, -0.25) is 0 Å². The normalized spacial score (nSPS) is 22.4. The summed E-state index contributed by atoms with van der Waals surface area (Å²) in [5.41, 5.74) is 9.75. The Balaban J connectivity index is 1.59. The van der Waals surface area contributed by atoms with Crippen LogP contribution in [0.5, 0.6) is 0 Å². The molecular weight excluding hydrogens is 494 g/mol. The summed E-state index contributed by atoms with van der Waals surface area (Å²) in [6.07, 6.45) is -7.45. The first kappa shape index (κ1) is 26.4. The number of hydrogen-bond donors (Lipinski definition) is 1. The van der Waals surface area contributed by atoms with Crippen LogP contribution in [0.2, 0.25) is 0 Å². The predicted molar refractivity (Wildman–Crippen MR) is 132 cm³/mol. The van der Waals surface area contributed by atoms with Crippen LogP contribution in [-0.4, -0.2) is 60.3 Å². The Morgan fingerprint density at radius 3 is 1.68 bits per heavy atom.